The fourth-order valence-electron chi connectivity index (χ4n) is 4.53. The van der Waals surface area contributed by atoms with Gasteiger partial charge in [-0.2, -0.15) is 15.2 Å². The van der Waals surface area contributed by atoms with Crippen molar-refractivity contribution < 1.29 is 18.9 Å². The maximum atomic E-state index is 6.35. The SMILES string of the molecule is CC1C=NNC(Cc2ccc(Oc3cccc(OCOCC[Si](C)(C)C)n3)c3c2cnn3COCC[Si](C)(C)C)C1. The predicted molar refractivity (Wildman–Crippen MR) is 171 cm³/mol. The molecular formula is C30H47N5O4Si2. The van der Waals surface area contributed by atoms with Crippen LogP contribution in [0.1, 0.15) is 18.9 Å². The van der Waals surface area contributed by atoms with E-state index >= 15 is 0 Å². The second-order valence-electron chi connectivity index (χ2n) is 13.4. The Hall–Kier alpha value is -2.74. The summed E-state index contributed by atoms with van der Waals surface area (Å²) < 4.78 is 25.7. The quantitative estimate of drug-likeness (QED) is 0.118. The molecule has 0 amide bonds. The molecule has 1 aliphatic heterocycles. The number of benzene rings is 1. The monoisotopic (exact) mass is 597 g/mol. The number of nitrogens with one attached hydrogen (secondary N) is 1. The zero-order valence-electron chi connectivity index (χ0n) is 25.8. The molecule has 2 atom stereocenters. The maximum Gasteiger partial charge on any atom is 0.222 e. The fraction of sp³-hybridized carbons (Fsp3) is 0.567. The highest BCUT2D eigenvalue weighted by Crippen LogP contribution is 2.33. The summed E-state index contributed by atoms with van der Waals surface area (Å²) in [5.41, 5.74) is 5.37. The van der Waals surface area contributed by atoms with Gasteiger partial charge < -0.3 is 24.4 Å². The zero-order valence-corrected chi connectivity index (χ0v) is 27.8. The van der Waals surface area contributed by atoms with Gasteiger partial charge in [-0.3, -0.25) is 0 Å². The molecule has 0 saturated heterocycles. The number of hydrogen-bond donors (Lipinski definition) is 1. The van der Waals surface area contributed by atoms with Crippen LogP contribution >= 0.6 is 0 Å². The van der Waals surface area contributed by atoms with Crippen molar-refractivity contribution in [2.75, 3.05) is 20.0 Å². The van der Waals surface area contributed by atoms with Crippen molar-refractivity contribution in [1.82, 2.24) is 20.2 Å². The summed E-state index contributed by atoms with van der Waals surface area (Å²) in [4.78, 5) is 4.56. The summed E-state index contributed by atoms with van der Waals surface area (Å²) in [6, 6.07) is 12.1. The van der Waals surface area contributed by atoms with Gasteiger partial charge >= 0.3 is 0 Å². The van der Waals surface area contributed by atoms with Gasteiger partial charge in [0.25, 0.3) is 0 Å². The van der Waals surface area contributed by atoms with Crippen molar-refractivity contribution in [2.45, 2.75) is 83.9 Å². The van der Waals surface area contributed by atoms with Gasteiger partial charge in [-0.1, -0.05) is 58.3 Å². The number of pyridine rings is 1. The highest BCUT2D eigenvalue weighted by Gasteiger charge is 2.21. The molecule has 3 aromatic rings. The molecule has 1 aromatic carbocycles. The van der Waals surface area contributed by atoms with E-state index in [1.807, 2.05) is 41.4 Å². The first-order valence-corrected chi connectivity index (χ1v) is 22.1. The molecule has 2 unspecified atom stereocenters. The Labute approximate surface area is 246 Å². The van der Waals surface area contributed by atoms with E-state index in [1.54, 1.807) is 0 Å². The van der Waals surface area contributed by atoms with E-state index in [-0.39, 0.29) is 12.8 Å². The lowest BCUT2D eigenvalue weighted by atomic mass is 9.95. The molecule has 9 nitrogen and oxygen atoms in total. The highest BCUT2D eigenvalue weighted by molar-refractivity contribution is 6.76. The molecule has 0 radical (unpaired) electrons. The number of aromatic nitrogens is 3. The second-order valence-corrected chi connectivity index (χ2v) is 24.6. The van der Waals surface area contributed by atoms with Crippen molar-refractivity contribution in [3.05, 3.63) is 42.1 Å². The predicted octanol–water partition coefficient (Wildman–Crippen LogP) is 6.75. The Morgan fingerprint density at radius 3 is 2.41 bits per heavy atom. The fourth-order valence-corrected chi connectivity index (χ4v) is 6.04. The molecule has 0 spiro atoms. The number of fused-ring (bicyclic) bond motifs is 1. The summed E-state index contributed by atoms with van der Waals surface area (Å²) in [5, 5.41) is 10.1. The minimum atomic E-state index is -1.19. The van der Waals surface area contributed by atoms with Gasteiger partial charge in [0.15, 0.2) is 12.5 Å². The Bertz CT molecular complexity index is 1300. The van der Waals surface area contributed by atoms with Crippen molar-refractivity contribution in [3.63, 3.8) is 0 Å². The van der Waals surface area contributed by atoms with E-state index < -0.39 is 16.1 Å². The summed E-state index contributed by atoms with van der Waals surface area (Å²) in [6.07, 6.45) is 5.78. The van der Waals surface area contributed by atoms with Crippen LogP contribution in [0.3, 0.4) is 0 Å². The van der Waals surface area contributed by atoms with Crippen LogP contribution in [-0.2, 0) is 22.6 Å². The Kier molecular flexibility index (Phi) is 10.6. The molecule has 0 saturated carbocycles. The summed E-state index contributed by atoms with van der Waals surface area (Å²) in [6.45, 7) is 18.2. The minimum absolute atomic E-state index is 0.166. The van der Waals surface area contributed by atoms with Crippen molar-refractivity contribution in [2.24, 2.45) is 11.0 Å². The number of rotatable bonds is 15. The van der Waals surface area contributed by atoms with E-state index in [0.29, 0.717) is 36.8 Å². The largest absolute Gasteiger partial charge is 0.450 e. The first-order valence-electron chi connectivity index (χ1n) is 14.7. The molecule has 1 N–H and O–H groups in total. The molecule has 4 rings (SSSR count). The lowest BCUT2D eigenvalue weighted by Crippen LogP contribution is -2.33. The molecule has 1 aliphatic rings. The van der Waals surface area contributed by atoms with Crippen LogP contribution in [-0.4, -0.2) is 63.2 Å². The van der Waals surface area contributed by atoms with Gasteiger partial charge in [0.2, 0.25) is 11.8 Å². The maximum absolute atomic E-state index is 6.35. The Balaban J connectivity index is 1.51. The Morgan fingerprint density at radius 1 is 0.951 bits per heavy atom. The van der Waals surface area contributed by atoms with Gasteiger partial charge in [0.05, 0.1) is 6.20 Å². The topological polar surface area (TPSA) is 92.0 Å². The minimum Gasteiger partial charge on any atom is -0.450 e. The van der Waals surface area contributed by atoms with Crippen LogP contribution in [0.15, 0.2) is 41.6 Å². The van der Waals surface area contributed by atoms with Crippen molar-refractivity contribution >= 4 is 33.3 Å². The molecular weight excluding hydrogens is 551 g/mol. The molecule has 2 aromatic heterocycles. The van der Waals surface area contributed by atoms with E-state index in [0.717, 1.165) is 42.4 Å². The average Bonchev–Trinajstić information content (AvgIpc) is 3.32. The van der Waals surface area contributed by atoms with Crippen molar-refractivity contribution in [1.29, 1.82) is 0 Å². The van der Waals surface area contributed by atoms with E-state index in [2.05, 4.69) is 67.8 Å². The summed E-state index contributed by atoms with van der Waals surface area (Å²) >= 11 is 0. The molecule has 0 fully saturated rings. The molecule has 3 heterocycles. The highest BCUT2D eigenvalue weighted by atomic mass is 28.3. The van der Waals surface area contributed by atoms with Crippen LogP contribution in [0.4, 0.5) is 0 Å². The van der Waals surface area contributed by atoms with Gasteiger partial charge in [0.1, 0.15) is 12.2 Å². The molecule has 11 heteroatoms. The molecule has 224 valence electrons. The van der Waals surface area contributed by atoms with E-state index in [9.17, 15) is 0 Å². The lowest BCUT2D eigenvalue weighted by molar-refractivity contribution is 0.0191. The first-order chi connectivity index (χ1) is 19.5. The normalized spacial score (nSPS) is 17.5. The van der Waals surface area contributed by atoms with Gasteiger partial charge in [-0.05, 0) is 42.5 Å². The van der Waals surface area contributed by atoms with Crippen LogP contribution in [0.2, 0.25) is 51.4 Å². The second kappa shape index (κ2) is 14.0. The van der Waals surface area contributed by atoms with Crippen LogP contribution in [0, 0.1) is 5.92 Å². The Morgan fingerprint density at radius 2 is 1.68 bits per heavy atom. The summed E-state index contributed by atoms with van der Waals surface area (Å²) in [5.74, 6) is 2.04. The number of ether oxygens (including phenoxy) is 4. The van der Waals surface area contributed by atoms with E-state index in [1.165, 1.54) is 5.56 Å². The van der Waals surface area contributed by atoms with Gasteiger partial charge in [-0.15, -0.1) is 0 Å². The van der Waals surface area contributed by atoms with Gasteiger partial charge in [-0.25, -0.2) is 4.68 Å². The van der Waals surface area contributed by atoms with Crippen LogP contribution in [0.5, 0.6) is 17.5 Å². The van der Waals surface area contributed by atoms with Gasteiger partial charge in [0, 0.05) is 59.1 Å². The summed E-state index contributed by atoms with van der Waals surface area (Å²) in [7, 11) is -2.33. The van der Waals surface area contributed by atoms with Crippen LogP contribution in [0.25, 0.3) is 10.9 Å². The zero-order chi connectivity index (χ0) is 29.5. The number of hydrogen-bond acceptors (Lipinski definition) is 8. The molecule has 0 bridgehead atoms. The third-order valence-corrected chi connectivity index (χ3v) is 10.4. The molecule has 41 heavy (non-hydrogen) atoms. The first kappa shape index (κ1) is 31.2. The third kappa shape index (κ3) is 9.94. The molecule has 0 aliphatic carbocycles. The van der Waals surface area contributed by atoms with Crippen LogP contribution < -0.4 is 14.9 Å². The third-order valence-electron chi connectivity index (χ3n) is 6.97. The van der Waals surface area contributed by atoms with E-state index in [4.69, 9.17) is 24.0 Å². The number of hydrazone groups is 1. The number of nitrogens with zero attached hydrogens (tertiary/aromatic N) is 4. The standard InChI is InChI=1S/C30H47N5O4Si2/c1-23-17-25(34-31-19-23)18-24-11-12-27(30-26(24)20-32-35(30)21-36-13-15-40(2,3)4)39-29-10-8-9-28(33-29)38-22-37-14-16-41(5,6)7/h8-12,19-20,23,25,34H,13-18,21-22H2,1-7H3. The lowest BCUT2D eigenvalue weighted by Gasteiger charge is -2.23. The van der Waals surface area contributed by atoms with Crippen molar-refractivity contribution in [3.8, 4) is 17.5 Å². The smallest absolute Gasteiger partial charge is 0.222 e. The average molecular weight is 598 g/mol.